The number of amidine groups is 1. The van der Waals surface area contributed by atoms with Gasteiger partial charge in [0.25, 0.3) is 11.9 Å². The molecule has 0 bridgehead atoms. The zero-order valence-electron chi connectivity index (χ0n) is 14.7. The van der Waals surface area contributed by atoms with Crippen LogP contribution < -0.4 is 11.1 Å². The Bertz CT molecular complexity index is 962. The number of carbonyl (C=O) groups excluding carboxylic acids is 1. The number of nitrogens with zero attached hydrogens (tertiary/aromatic N) is 3. The highest BCUT2D eigenvalue weighted by atomic mass is 19.1. The molecule has 2 heterocycles. The molecule has 1 aliphatic rings. The second-order valence-electron chi connectivity index (χ2n) is 6.12. The third kappa shape index (κ3) is 3.95. The number of aliphatic imine (C=N–C) groups is 1. The normalized spacial score (nSPS) is 18.7. The standard InChI is InChI=1S/C18H16F3N5O2/c1-18(5-12(7-20)28-17(22)26-18)13-4-10(2-3-14(13)21)25-16(27)15-9-23-11(6-19)8-24-15/h2-5,8-9H,6-7H2,1H3,(H2,22,26)(H,25,27)/t18-/m0/s1. The predicted molar refractivity (Wildman–Crippen MR) is 95.3 cm³/mol. The Labute approximate surface area is 158 Å². The Hall–Kier alpha value is -3.43. The molecular weight excluding hydrogens is 375 g/mol. The summed E-state index contributed by atoms with van der Waals surface area (Å²) in [5.41, 5.74) is 4.60. The third-order valence-electron chi connectivity index (χ3n) is 4.00. The van der Waals surface area contributed by atoms with Crippen LogP contribution in [0.3, 0.4) is 0 Å². The molecule has 0 saturated heterocycles. The van der Waals surface area contributed by atoms with E-state index < -0.39 is 30.6 Å². The van der Waals surface area contributed by atoms with Gasteiger partial charge in [0.2, 0.25) is 0 Å². The Balaban J connectivity index is 1.90. The van der Waals surface area contributed by atoms with Crippen LogP contribution in [-0.2, 0) is 17.0 Å². The monoisotopic (exact) mass is 391 g/mol. The molecule has 2 aromatic rings. The predicted octanol–water partition coefficient (Wildman–Crippen LogP) is 2.75. The second-order valence-corrected chi connectivity index (χ2v) is 6.12. The van der Waals surface area contributed by atoms with E-state index in [0.717, 1.165) is 18.5 Å². The molecule has 0 unspecified atom stereocenters. The van der Waals surface area contributed by atoms with Crippen molar-refractivity contribution >= 4 is 17.6 Å². The lowest BCUT2D eigenvalue weighted by molar-refractivity contribution is 0.102. The van der Waals surface area contributed by atoms with Crippen molar-refractivity contribution in [2.24, 2.45) is 10.7 Å². The minimum absolute atomic E-state index is 0.0396. The van der Waals surface area contributed by atoms with Crippen LogP contribution in [0.15, 0.2) is 47.4 Å². The number of ether oxygens (including phenoxy) is 1. The molecule has 10 heteroatoms. The van der Waals surface area contributed by atoms with E-state index in [2.05, 4.69) is 20.3 Å². The number of allylic oxidation sites excluding steroid dienone is 1. The van der Waals surface area contributed by atoms with Gasteiger partial charge in [0, 0.05) is 11.3 Å². The highest BCUT2D eigenvalue weighted by Crippen LogP contribution is 2.35. The number of aromatic nitrogens is 2. The van der Waals surface area contributed by atoms with Gasteiger partial charge >= 0.3 is 0 Å². The summed E-state index contributed by atoms with van der Waals surface area (Å²) in [6.07, 6.45) is 3.60. The molecule has 1 aromatic carbocycles. The number of alkyl halides is 2. The summed E-state index contributed by atoms with van der Waals surface area (Å²) in [5, 5.41) is 2.55. The van der Waals surface area contributed by atoms with E-state index in [4.69, 9.17) is 10.5 Å². The number of halogens is 3. The average Bonchev–Trinajstić information content (AvgIpc) is 2.68. The van der Waals surface area contributed by atoms with Crippen LogP contribution in [0.2, 0.25) is 0 Å². The number of hydrogen-bond acceptors (Lipinski definition) is 6. The van der Waals surface area contributed by atoms with Gasteiger partial charge in [-0.25, -0.2) is 23.1 Å². The topological polar surface area (TPSA) is 102 Å². The Morgan fingerprint density at radius 3 is 2.68 bits per heavy atom. The Morgan fingerprint density at radius 2 is 2.04 bits per heavy atom. The van der Waals surface area contributed by atoms with Gasteiger partial charge in [0.05, 0.1) is 18.1 Å². The van der Waals surface area contributed by atoms with Gasteiger partial charge in [0.15, 0.2) is 0 Å². The van der Waals surface area contributed by atoms with E-state index in [0.29, 0.717) is 0 Å². The van der Waals surface area contributed by atoms with Crippen LogP contribution in [0, 0.1) is 5.82 Å². The van der Waals surface area contributed by atoms with Crippen molar-refractivity contribution in [3.8, 4) is 0 Å². The average molecular weight is 391 g/mol. The van der Waals surface area contributed by atoms with Gasteiger partial charge in [-0.15, -0.1) is 0 Å². The Morgan fingerprint density at radius 1 is 1.25 bits per heavy atom. The zero-order valence-corrected chi connectivity index (χ0v) is 14.7. The molecular formula is C18H16F3N5O2. The summed E-state index contributed by atoms with van der Waals surface area (Å²) in [4.78, 5) is 23.9. The number of carbonyl (C=O) groups is 1. The molecule has 1 aliphatic heterocycles. The molecule has 28 heavy (non-hydrogen) atoms. The number of nitrogens with one attached hydrogen (secondary N) is 1. The van der Waals surface area contributed by atoms with Crippen LogP contribution in [-0.4, -0.2) is 28.6 Å². The Kier molecular flexibility index (Phi) is 5.30. The molecule has 7 nitrogen and oxygen atoms in total. The minimum Gasteiger partial charge on any atom is -0.428 e. The van der Waals surface area contributed by atoms with E-state index in [9.17, 15) is 18.0 Å². The van der Waals surface area contributed by atoms with Crippen LogP contribution in [0.25, 0.3) is 0 Å². The SMILES string of the molecule is C[C@@]1(c2cc(NC(=O)c3cnc(CF)cn3)ccc2F)C=C(CF)OC(N)=N1. The first-order valence-corrected chi connectivity index (χ1v) is 8.14. The van der Waals surface area contributed by atoms with Crippen molar-refractivity contribution in [1.82, 2.24) is 9.97 Å². The first-order chi connectivity index (χ1) is 13.3. The maximum atomic E-state index is 14.5. The molecule has 1 amide bonds. The molecule has 0 aliphatic carbocycles. The van der Waals surface area contributed by atoms with Crippen LogP contribution in [0.4, 0.5) is 18.9 Å². The van der Waals surface area contributed by atoms with Crippen molar-refractivity contribution < 1.29 is 22.7 Å². The number of benzene rings is 1. The van der Waals surface area contributed by atoms with Crippen molar-refractivity contribution in [1.29, 1.82) is 0 Å². The summed E-state index contributed by atoms with van der Waals surface area (Å²) < 4.78 is 44.9. The molecule has 1 atom stereocenters. The molecule has 0 saturated carbocycles. The first kappa shape index (κ1) is 19.3. The number of anilines is 1. The van der Waals surface area contributed by atoms with E-state index in [1.165, 1.54) is 25.1 Å². The van der Waals surface area contributed by atoms with E-state index in [1.54, 1.807) is 0 Å². The highest BCUT2D eigenvalue weighted by Gasteiger charge is 2.32. The molecule has 3 rings (SSSR count). The molecule has 1 aromatic heterocycles. The molecule has 0 radical (unpaired) electrons. The quantitative estimate of drug-likeness (QED) is 0.816. The largest absolute Gasteiger partial charge is 0.428 e. The summed E-state index contributed by atoms with van der Waals surface area (Å²) in [6.45, 7) is -0.197. The fourth-order valence-electron chi connectivity index (χ4n) is 2.69. The molecule has 0 spiro atoms. The first-order valence-electron chi connectivity index (χ1n) is 8.14. The lowest BCUT2D eigenvalue weighted by atomic mass is 9.90. The second kappa shape index (κ2) is 7.67. The van der Waals surface area contributed by atoms with Crippen LogP contribution in [0.5, 0.6) is 0 Å². The molecule has 146 valence electrons. The van der Waals surface area contributed by atoms with Gasteiger partial charge in [-0.3, -0.25) is 9.78 Å². The van der Waals surface area contributed by atoms with Crippen molar-refractivity contribution in [3.05, 3.63) is 65.2 Å². The number of hydrogen-bond donors (Lipinski definition) is 2. The smallest absolute Gasteiger partial charge is 0.288 e. The third-order valence-corrected chi connectivity index (χ3v) is 4.00. The zero-order chi connectivity index (χ0) is 20.3. The van der Waals surface area contributed by atoms with Crippen molar-refractivity contribution in [2.75, 3.05) is 12.0 Å². The summed E-state index contributed by atoms with van der Waals surface area (Å²) in [5.74, 6) is -1.33. The minimum atomic E-state index is -1.32. The van der Waals surface area contributed by atoms with Crippen LogP contribution in [0.1, 0.15) is 28.7 Å². The van der Waals surface area contributed by atoms with E-state index in [-0.39, 0.29) is 34.4 Å². The van der Waals surface area contributed by atoms with Gasteiger partial charge in [-0.1, -0.05) is 0 Å². The van der Waals surface area contributed by atoms with E-state index in [1.807, 2.05) is 0 Å². The van der Waals surface area contributed by atoms with Gasteiger partial charge in [-0.2, -0.15) is 0 Å². The maximum absolute atomic E-state index is 14.5. The fourth-order valence-corrected chi connectivity index (χ4v) is 2.69. The number of amides is 1. The van der Waals surface area contributed by atoms with Crippen LogP contribution >= 0.6 is 0 Å². The fraction of sp³-hybridized carbons (Fsp3) is 0.222. The lowest BCUT2D eigenvalue weighted by Crippen LogP contribution is -2.31. The van der Waals surface area contributed by atoms with E-state index >= 15 is 0 Å². The number of rotatable bonds is 5. The number of nitrogens with two attached hydrogens (primary N) is 1. The van der Waals surface area contributed by atoms with Crippen molar-refractivity contribution in [3.63, 3.8) is 0 Å². The van der Waals surface area contributed by atoms with Crippen molar-refractivity contribution in [2.45, 2.75) is 19.1 Å². The lowest BCUT2D eigenvalue weighted by Gasteiger charge is -2.28. The summed E-state index contributed by atoms with van der Waals surface area (Å²) in [7, 11) is 0. The highest BCUT2D eigenvalue weighted by molar-refractivity contribution is 6.02. The maximum Gasteiger partial charge on any atom is 0.288 e. The van der Waals surface area contributed by atoms with Gasteiger partial charge in [0.1, 0.15) is 36.2 Å². The molecule has 3 N–H and O–H groups in total. The summed E-state index contributed by atoms with van der Waals surface area (Å²) >= 11 is 0. The summed E-state index contributed by atoms with van der Waals surface area (Å²) in [6, 6.07) is 3.54. The van der Waals surface area contributed by atoms with Gasteiger partial charge in [-0.05, 0) is 31.2 Å². The molecule has 0 fully saturated rings. The van der Waals surface area contributed by atoms with Gasteiger partial charge < -0.3 is 15.8 Å².